The van der Waals surface area contributed by atoms with Crippen molar-refractivity contribution >= 4 is 5.91 Å². The van der Waals surface area contributed by atoms with Crippen LogP contribution in [0.5, 0.6) is 0 Å². The minimum atomic E-state index is 0.291. The van der Waals surface area contributed by atoms with E-state index in [9.17, 15) is 4.79 Å². The van der Waals surface area contributed by atoms with Crippen molar-refractivity contribution in [3.63, 3.8) is 0 Å². The summed E-state index contributed by atoms with van der Waals surface area (Å²) in [5, 5.41) is 0. The molecule has 3 rings (SSSR count). The molecule has 2 atom stereocenters. The van der Waals surface area contributed by atoms with Gasteiger partial charge in [0.2, 0.25) is 5.91 Å². The number of amides is 1. The van der Waals surface area contributed by atoms with Crippen LogP contribution in [-0.2, 0) is 14.3 Å². The number of rotatable bonds is 6. The zero-order chi connectivity index (χ0) is 12.4. The first kappa shape index (κ1) is 12.4. The van der Waals surface area contributed by atoms with E-state index in [2.05, 4.69) is 0 Å². The van der Waals surface area contributed by atoms with Gasteiger partial charge in [-0.25, -0.2) is 0 Å². The molecule has 3 aliphatic rings. The predicted molar refractivity (Wildman–Crippen MR) is 67.3 cm³/mol. The van der Waals surface area contributed by atoms with Crippen molar-refractivity contribution in [1.82, 2.24) is 4.90 Å². The maximum Gasteiger partial charge on any atom is 0.223 e. The number of nitrogens with zero attached hydrogens (tertiary/aromatic N) is 1. The summed E-state index contributed by atoms with van der Waals surface area (Å²) < 4.78 is 10.5. The zero-order valence-electron chi connectivity index (χ0n) is 11.0. The Bertz CT molecular complexity index is 279. The lowest BCUT2D eigenvalue weighted by molar-refractivity contribution is -0.133. The van der Waals surface area contributed by atoms with Gasteiger partial charge in [-0.15, -0.1) is 0 Å². The van der Waals surface area contributed by atoms with Gasteiger partial charge in [0.1, 0.15) is 0 Å². The fourth-order valence-corrected chi connectivity index (χ4v) is 2.88. The van der Waals surface area contributed by atoms with Crippen LogP contribution in [0.25, 0.3) is 0 Å². The molecule has 0 radical (unpaired) electrons. The molecule has 0 aromatic carbocycles. The van der Waals surface area contributed by atoms with E-state index in [0.717, 1.165) is 32.7 Å². The summed E-state index contributed by atoms with van der Waals surface area (Å²) in [5.74, 6) is 0.932. The number of carbonyl (C=O) groups excluding carboxylic acids is 1. The van der Waals surface area contributed by atoms with Crippen molar-refractivity contribution in [3.05, 3.63) is 0 Å². The molecule has 1 aliphatic carbocycles. The first-order valence-corrected chi connectivity index (χ1v) is 7.32. The van der Waals surface area contributed by atoms with E-state index in [1.54, 1.807) is 0 Å². The van der Waals surface area contributed by atoms with Gasteiger partial charge in [0, 0.05) is 19.5 Å². The molecule has 2 unspecified atom stereocenters. The highest BCUT2D eigenvalue weighted by Crippen LogP contribution is 2.27. The fraction of sp³-hybridized carbons (Fsp3) is 0.929. The van der Waals surface area contributed by atoms with E-state index < -0.39 is 0 Å². The second-order valence-electron chi connectivity index (χ2n) is 5.92. The number of hydrogen-bond donors (Lipinski definition) is 0. The minimum Gasteiger partial charge on any atom is -0.371 e. The summed E-state index contributed by atoms with van der Waals surface area (Å²) in [5.41, 5.74) is 0. The first-order valence-electron chi connectivity index (χ1n) is 7.32. The third-order valence-electron chi connectivity index (χ3n) is 4.19. The lowest BCUT2D eigenvalue weighted by Crippen LogP contribution is -2.38. The number of ether oxygens (including phenoxy) is 2. The molecule has 2 heterocycles. The maximum atomic E-state index is 12.4. The molecule has 0 aromatic heterocycles. The molecule has 18 heavy (non-hydrogen) atoms. The van der Waals surface area contributed by atoms with E-state index >= 15 is 0 Å². The highest BCUT2D eigenvalue weighted by atomic mass is 16.6. The topological polar surface area (TPSA) is 45.4 Å². The Kier molecular flexibility index (Phi) is 3.85. The maximum absolute atomic E-state index is 12.4. The Balaban J connectivity index is 1.48. The molecular formula is C14H23NO3. The Hall–Kier alpha value is -0.610. The van der Waals surface area contributed by atoms with Gasteiger partial charge in [-0.05, 0) is 18.8 Å². The first-order chi connectivity index (χ1) is 8.81. The predicted octanol–water partition coefficient (Wildman–Crippen LogP) is 1.58. The molecule has 2 aliphatic heterocycles. The molecule has 0 N–H and O–H groups in total. The van der Waals surface area contributed by atoms with Gasteiger partial charge in [0.05, 0.1) is 25.4 Å². The molecule has 2 saturated heterocycles. The standard InChI is InChI=1S/C14H23NO3/c16-14(6-11-4-2-1-3-5-11)15(7-12-9-17-12)8-13-10-18-13/h11-13H,1-10H2. The van der Waals surface area contributed by atoms with Crippen molar-refractivity contribution in [2.45, 2.75) is 50.7 Å². The number of hydrogen-bond acceptors (Lipinski definition) is 3. The summed E-state index contributed by atoms with van der Waals surface area (Å²) in [7, 11) is 0. The molecular weight excluding hydrogens is 230 g/mol. The fourth-order valence-electron chi connectivity index (χ4n) is 2.88. The quantitative estimate of drug-likeness (QED) is 0.675. The summed E-state index contributed by atoms with van der Waals surface area (Å²) in [4.78, 5) is 14.3. The van der Waals surface area contributed by atoms with Crippen LogP contribution in [0.3, 0.4) is 0 Å². The Morgan fingerprint density at radius 1 is 1.00 bits per heavy atom. The molecule has 1 saturated carbocycles. The average Bonchev–Trinajstić information content (AvgIpc) is 3.24. The number of epoxide rings is 2. The summed E-state index contributed by atoms with van der Waals surface area (Å²) in [6.07, 6.45) is 7.74. The molecule has 0 bridgehead atoms. The van der Waals surface area contributed by atoms with E-state index in [4.69, 9.17) is 9.47 Å². The molecule has 0 spiro atoms. The van der Waals surface area contributed by atoms with Gasteiger partial charge < -0.3 is 14.4 Å². The third kappa shape index (κ3) is 3.69. The van der Waals surface area contributed by atoms with Crippen LogP contribution in [0.4, 0.5) is 0 Å². The highest BCUT2D eigenvalue weighted by molar-refractivity contribution is 5.76. The molecule has 102 valence electrons. The zero-order valence-corrected chi connectivity index (χ0v) is 11.0. The van der Waals surface area contributed by atoms with Gasteiger partial charge in [-0.1, -0.05) is 19.3 Å². The van der Waals surface area contributed by atoms with Crippen LogP contribution in [0.15, 0.2) is 0 Å². The summed E-state index contributed by atoms with van der Waals surface area (Å²) in [6.45, 7) is 3.17. The van der Waals surface area contributed by atoms with Crippen LogP contribution in [0.2, 0.25) is 0 Å². The Morgan fingerprint density at radius 3 is 2.06 bits per heavy atom. The SMILES string of the molecule is O=C(CC1CCCCC1)N(CC1CO1)CC1CO1. The van der Waals surface area contributed by atoms with Gasteiger partial charge in [0.25, 0.3) is 0 Å². The van der Waals surface area contributed by atoms with E-state index in [1.807, 2.05) is 4.90 Å². The molecule has 0 aromatic rings. The van der Waals surface area contributed by atoms with E-state index in [0.29, 0.717) is 24.0 Å². The second kappa shape index (κ2) is 5.57. The molecule has 4 heteroatoms. The summed E-state index contributed by atoms with van der Waals surface area (Å²) in [6, 6.07) is 0. The van der Waals surface area contributed by atoms with Crippen molar-refractivity contribution in [3.8, 4) is 0 Å². The Morgan fingerprint density at radius 2 is 1.56 bits per heavy atom. The van der Waals surface area contributed by atoms with E-state index in [1.165, 1.54) is 32.1 Å². The van der Waals surface area contributed by atoms with Crippen molar-refractivity contribution in [2.75, 3.05) is 26.3 Å². The van der Waals surface area contributed by atoms with Crippen LogP contribution in [0.1, 0.15) is 38.5 Å². The minimum absolute atomic E-state index is 0.291. The molecule has 3 fully saturated rings. The lowest BCUT2D eigenvalue weighted by atomic mass is 9.86. The van der Waals surface area contributed by atoms with Gasteiger partial charge in [-0.3, -0.25) is 4.79 Å². The molecule has 1 amide bonds. The van der Waals surface area contributed by atoms with Crippen molar-refractivity contribution in [2.24, 2.45) is 5.92 Å². The van der Waals surface area contributed by atoms with Gasteiger partial charge in [-0.2, -0.15) is 0 Å². The van der Waals surface area contributed by atoms with Crippen LogP contribution in [-0.4, -0.2) is 49.3 Å². The van der Waals surface area contributed by atoms with Crippen LogP contribution >= 0.6 is 0 Å². The Labute approximate surface area is 109 Å². The highest BCUT2D eigenvalue weighted by Gasteiger charge is 2.33. The van der Waals surface area contributed by atoms with Crippen molar-refractivity contribution < 1.29 is 14.3 Å². The van der Waals surface area contributed by atoms with E-state index in [-0.39, 0.29) is 0 Å². The van der Waals surface area contributed by atoms with Crippen LogP contribution < -0.4 is 0 Å². The van der Waals surface area contributed by atoms with Gasteiger partial charge in [0.15, 0.2) is 0 Å². The molecule has 4 nitrogen and oxygen atoms in total. The lowest BCUT2D eigenvalue weighted by Gasteiger charge is -2.26. The smallest absolute Gasteiger partial charge is 0.223 e. The average molecular weight is 253 g/mol. The largest absolute Gasteiger partial charge is 0.371 e. The number of carbonyl (C=O) groups is 1. The third-order valence-corrected chi connectivity index (χ3v) is 4.19. The van der Waals surface area contributed by atoms with Crippen molar-refractivity contribution in [1.29, 1.82) is 0 Å². The van der Waals surface area contributed by atoms with Gasteiger partial charge >= 0.3 is 0 Å². The monoisotopic (exact) mass is 253 g/mol. The normalized spacial score (nSPS) is 31.1. The van der Waals surface area contributed by atoms with Crippen LogP contribution in [0, 0.1) is 5.92 Å². The second-order valence-corrected chi connectivity index (χ2v) is 5.92. The summed E-state index contributed by atoms with van der Waals surface area (Å²) >= 11 is 0.